The van der Waals surface area contributed by atoms with E-state index in [2.05, 4.69) is 20.3 Å². The maximum absolute atomic E-state index is 10.2. The average Bonchev–Trinajstić information content (AvgIpc) is 2.90. The lowest BCUT2D eigenvalue weighted by Gasteiger charge is -2.15. The molecular weight excluding hydrogens is 272 g/mol. The van der Waals surface area contributed by atoms with Gasteiger partial charge in [0, 0.05) is 6.07 Å². The summed E-state index contributed by atoms with van der Waals surface area (Å²) in [5.74, 6) is 1.22. The number of aliphatic hydroxyl groups excluding tert-OH is 1. The minimum atomic E-state index is -0.414. The third kappa shape index (κ3) is 3.02. The summed E-state index contributed by atoms with van der Waals surface area (Å²) in [7, 11) is 1.53. The molecule has 2 unspecified atom stereocenters. The monoisotopic (exact) mass is 290 g/mol. The normalized spacial score (nSPS) is 22.8. The summed E-state index contributed by atoms with van der Waals surface area (Å²) >= 11 is 0. The third-order valence-corrected chi connectivity index (χ3v) is 3.82. The second-order valence-electron chi connectivity index (χ2n) is 5.23. The highest BCUT2D eigenvalue weighted by molar-refractivity contribution is 5.47. The number of aliphatic hydroxyl groups is 1. The Kier molecular flexibility index (Phi) is 4.10. The van der Waals surface area contributed by atoms with Gasteiger partial charge in [0.1, 0.15) is 5.69 Å². The highest BCUT2D eigenvalue weighted by Gasteiger charge is 2.28. The quantitative estimate of drug-likeness (QED) is 0.863. The minimum absolute atomic E-state index is 0.0834. The second-order valence-corrected chi connectivity index (χ2v) is 5.23. The Morgan fingerprint density at radius 2 is 2.05 bits per heavy atom. The number of rotatable bonds is 3. The number of hydrogen-bond acceptors (Lipinski definition) is 7. The van der Waals surface area contributed by atoms with Crippen molar-refractivity contribution < 1.29 is 14.4 Å². The van der Waals surface area contributed by atoms with Crippen LogP contribution in [0, 0.1) is 0 Å². The number of aromatic nitrogens is 4. The van der Waals surface area contributed by atoms with Crippen LogP contribution >= 0.6 is 0 Å². The van der Waals surface area contributed by atoms with Gasteiger partial charge in [-0.25, -0.2) is 0 Å². The van der Waals surface area contributed by atoms with E-state index in [0.717, 1.165) is 32.1 Å². The predicted octanol–water partition coefficient (Wildman–Crippen LogP) is 1.94. The fourth-order valence-electron chi connectivity index (χ4n) is 2.61. The van der Waals surface area contributed by atoms with Gasteiger partial charge in [0.25, 0.3) is 0 Å². The predicted molar refractivity (Wildman–Crippen MR) is 73.7 cm³/mol. The van der Waals surface area contributed by atoms with Crippen LogP contribution in [-0.2, 0) is 0 Å². The van der Waals surface area contributed by atoms with Crippen LogP contribution in [0.25, 0.3) is 11.5 Å². The Morgan fingerprint density at radius 1 is 1.19 bits per heavy atom. The molecule has 2 atom stereocenters. The van der Waals surface area contributed by atoms with Gasteiger partial charge in [-0.3, -0.25) is 0 Å². The smallest absolute Gasteiger partial charge is 0.233 e. The van der Waals surface area contributed by atoms with E-state index in [1.54, 1.807) is 12.1 Å². The summed E-state index contributed by atoms with van der Waals surface area (Å²) in [6, 6.07) is 3.42. The third-order valence-electron chi connectivity index (χ3n) is 3.82. The Bertz CT molecular complexity index is 584. The van der Waals surface area contributed by atoms with Crippen molar-refractivity contribution in [3.8, 4) is 17.4 Å². The van der Waals surface area contributed by atoms with Crippen molar-refractivity contribution in [3.05, 3.63) is 18.0 Å². The Morgan fingerprint density at radius 3 is 2.81 bits per heavy atom. The van der Waals surface area contributed by atoms with Gasteiger partial charge in [0.15, 0.2) is 0 Å². The summed E-state index contributed by atoms with van der Waals surface area (Å²) in [6.07, 6.45) is 4.49. The molecule has 0 aliphatic heterocycles. The van der Waals surface area contributed by atoms with Gasteiger partial charge in [-0.1, -0.05) is 24.4 Å². The molecule has 112 valence electrons. The molecule has 1 fully saturated rings. The summed E-state index contributed by atoms with van der Waals surface area (Å²) in [6.45, 7) is 0. The first kappa shape index (κ1) is 13.9. The molecule has 0 saturated heterocycles. The number of hydrogen-bond donors (Lipinski definition) is 1. The van der Waals surface area contributed by atoms with Gasteiger partial charge in [-0.05, 0) is 18.9 Å². The summed E-state index contributed by atoms with van der Waals surface area (Å²) in [4.78, 5) is 4.37. The van der Waals surface area contributed by atoms with Crippen LogP contribution in [0.4, 0.5) is 0 Å². The molecule has 2 aromatic heterocycles. The lowest BCUT2D eigenvalue weighted by atomic mass is 9.97. The van der Waals surface area contributed by atoms with E-state index in [1.807, 2.05) is 0 Å². The van der Waals surface area contributed by atoms with Gasteiger partial charge in [0.2, 0.25) is 17.6 Å². The Labute approximate surface area is 122 Å². The topological polar surface area (TPSA) is 94.2 Å². The van der Waals surface area contributed by atoms with E-state index < -0.39 is 6.10 Å². The van der Waals surface area contributed by atoms with Gasteiger partial charge < -0.3 is 14.4 Å². The van der Waals surface area contributed by atoms with Crippen molar-refractivity contribution in [1.82, 2.24) is 20.3 Å². The molecule has 0 bridgehead atoms. The fourth-order valence-corrected chi connectivity index (χ4v) is 2.61. The molecule has 0 spiro atoms. The molecule has 3 rings (SSSR count). The average molecular weight is 290 g/mol. The zero-order valence-corrected chi connectivity index (χ0v) is 11.9. The SMILES string of the molecule is COc1ccc(-c2noc(C3CCCCCC3O)n2)nn1. The lowest BCUT2D eigenvalue weighted by Crippen LogP contribution is -2.17. The molecule has 1 N–H and O–H groups in total. The van der Waals surface area contributed by atoms with Crippen LogP contribution in [0.5, 0.6) is 5.88 Å². The van der Waals surface area contributed by atoms with Crippen molar-refractivity contribution in [2.45, 2.75) is 44.1 Å². The van der Waals surface area contributed by atoms with E-state index in [1.165, 1.54) is 7.11 Å². The molecule has 2 heterocycles. The molecular formula is C14H18N4O3. The maximum atomic E-state index is 10.2. The number of methoxy groups -OCH3 is 1. The minimum Gasteiger partial charge on any atom is -0.480 e. The van der Waals surface area contributed by atoms with Crippen molar-refractivity contribution in [2.75, 3.05) is 7.11 Å². The molecule has 7 nitrogen and oxygen atoms in total. The fraction of sp³-hybridized carbons (Fsp3) is 0.571. The second kappa shape index (κ2) is 6.17. The van der Waals surface area contributed by atoms with Gasteiger partial charge in [-0.15, -0.1) is 10.2 Å². The van der Waals surface area contributed by atoms with Crippen LogP contribution in [0.1, 0.15) is 43.9 Å². The molecule has 7 heteroatoms. The van der Waals surface area contributed by atoms with Crippen LogP contribution < -0.4 is 4.74 Å². The molecule has 1 aliphatic carbocycles. The highest BCUT2D eigenvalue weighted by atomic mass is 16.5. The number of ether oxygens (including phenoxy) is 1. The molecule has 0 radical (unpaired) electrons. The Balaban J connectivity index is 1.81. The molecule has 1 aliphatic rings. The van der Waals surface area contributed by atoms with Crippen LogP contribution in [-0.4, -0.2) is 38.7 Å². The van der Waals surface area contributed by atoms with E-state index in [4.69, 9.17) is 9.26 Å². The zero-order valence-electron chi connectivity index (χ0n) is 11.9. The van der Waals surface area contributed by atoms with E-state index in [0.29, 0.717) is 23.3 Å². The summed E-state index contributed by atoms with van der Waals surface area (Å²) < 4.78 is 10.3. The Hall–Kier alpha value is -2.02. The summed E-state index contributed by atoms with van der Waals surface area (Å²) in [5.41, 5.74) is 0.522. The number of nitrogens with zero attached hydrogens (tertiary/aromatic N) is 4. The highest BCUT2D eigenvalue weighted by Crippen LogP contribution is 2.31. The van der Waals surface area contributed by atoms with Gasteiger partial charge in [0.05, 0.1) is 19.1 Å². The van der Waals surface area contributed by atoms with Gasteiger partial charge >= 0.3 is 0 Å². The maximum Gasteiger partial charge on any atom is 0.233 e. The lowest BCUT2D eigenvalue weighted by molar-refractivity contribution is 0.119. The van der Waals surface area contributed by atoms with E-state index in [9.17, 15) is 5.11 Å². The molecule has 0 amide bonds. The standard InChI is InChI=1S/C14H18N4O3/c1-20-12-8-7-10(16-17-12)13-15-14(21-18-13)9-5-3-2-4-6-11(9)19/h7-9,11,19H,2-6H2,1H3. The molecule has 2 aromatic rings. The van der Waals surface area contributed by atoms with Crippen molar-refractivity contribution in [2.24, 2.45) is 0 Å². The first-order valence-electron chi connectivity index (χ1n) is 7.17. The van der Waals surface area contributed by atoms with Crippen LogP contribution in [0.2, 0.25) is 0 Å². The molecule has 21 heavy (non-hydrogen) atoms. The molecule has 1 saturated carbocycles. The largest absolute Gasteiger partial charge is 0.480 e. The van der Waals surface area contributed by atoms with Gasteiger partial charge in [-0.2, -0.15) is 4.98 Å². The summed E-state index contributed by atoms with van der Waals surface area (Å²) in [5, 5.41) is 22.0. The van der Waals surface area contributed by atoms with Crippen molar-refractivity contribution in [1.29, 1.82) is 0 Å². The van der Waals surface area contributed by atoms with E-state index >= 15 is 0 Å². The van der Waals surface area contributed by atoms with Crippen molar-refractivity contribution in [3.63, 3.8) is 0 Å². The van der Waals surface area contributed by atoms with Crippen molar-refractivity contribution >= 4 is 0 Å². The zero-order chi connectivity index (χ0) is 14.7. The van der Waals surface area contributed by atoms with Crippen LogP contribution in [0.3, 0.4) is 0 Å². The van der Waals surface area contributed by atoms with Crippen LogP contribution in [0.15, 0.2) is 16.7 Å². The first-order valence-corrected chi connectivity index (χ1v) is 7.17. The first-order chi connectivity index (χ1) is 10.3. The van der Waals surface area contributed by atoms with E-state index in [-0.39, 0.29) is 5.92 Å². The molecule has 0 aromatic carbocycles.